The summed E-state index contributed by atoms with van der Waals surface area (Å²) >= 11 is 3.31. The van der Waals surface area contributed by atoms with Crippen LogP contribution in [-0.4, -0.2) is 17.9 Å². The Morgan fingerprint density at radius 3 is 3.05 bits per heavy atom. The summed E-state index contributed by atoms with van der Waals surface area (Å²) in [7, 11) is 0. The SMILES string of the molecule is CSCc1ccc(CNc2ccc3c(c2)NC(=O)CS3)o1. The average Bonchev–Trinajstić information content (AvgIpc) is 2.93. The third kappa shape index (κ3) is 3.57. The molecule has 2 heterocycles. The highest BCUT2D eigenvalue weighted by Gasteiger charge is 2.15. The molecule has 110 valence electrons. The van der Waals surface area contributed by atoms with Crippen LogP contribution in [-0.2, 0) is 17.1 Å². The van der Waals surface area contributed by atoms with Gasteiger partial charge in [-0.1, -0.05) is 0 Å². The fourth-order valence-electron chi connectivity index (χ4n) is 2.12. The first-order valence-electron chi connectivity index (χ1n) is 6.62. The van der Waals surface area contributed by atoms with Gasteiger partial charge in [0.15, 0.2) is 0 Å². The lowest BCUT2D eigenvalue weighted by Gasteiger charge is -2.17. The first-order valence-corrected chi connectivity index (χ1v) is 8.99. The number of nitrogens with one attached hydrogen (secondary N) is 2. The number of anilines is 2. The summed E-state index contributed by atoms with van der Waals surface area (Å²) in [4.78, 5) is 12.5. The molecule has 1 aromatic carbocycles. The van der Waals surface area contributed by atoms with Crippen molar-refractivity contribution in [1.82, 2.24) is 0 Å². The molecule has 0 spiro atoms. The van der Waals surface area contributed by atoms with E-state index in [1.165, 1.54) is 0 Å². The lowest BCUT2D eigenvalue weighted by molar-refractivity contribution is -0.113. The minimum atomic E-state index is 0.0531. The Bertz CT molecular complexity index is 655. The van der Waals surface area contributed by atoms with Crippen LogP contribution in [0.15, 0.2) is 39.6 Å². The number of carbonyl (C=O) groups excluding carboxylic acids is 1. The zero-order valence-corrected chi connectivity index (χ0v) is 13.3. The maximum absolute atomic E-state index is 11.4. The Labute approximate surface area is 132 Å². The van der Waals surface area contributed by atoms with Gasteiger partial charge < -0.3 is 15.1 Å². The van der Waals surface area contributed by atoms with Gasteiger partial charge in [0.25, 0.3) is 0 Å². The maximum Gasteiger partial charge on any atom is 0.234 e. The van der Waals surface area contributed by atoms with Crippen LogP contribution in [0.2, 0.25) is 0 Å². The van der Waals surface area contributed by atoms with Crippen LogP contribution in [0.3, 0.4) is 0 Å². The van der Waals surface area contributed by atoms with E-state index in [4.69, 9.17) is 4.42 Å². The molecule has 1 aliphatic heterocycles. The summed E-state index contributed by atoms with van der Waals surface area (Å²) in [6.07, 6.45) is 2.06. The molecule has 1 aliphatic rings. The van der Waals surface area contributed by atoms with E-state index in [9.17, 15) is 4.79 Å². The molecule has 21 heavy (non-hydrogen) atoms. The number of furan rings is 1. The van der Waals surface area contributed by atoms with Crippen molar-refractivity contribution in [2.45, 2.75) is 17.2 Å². The third-order valence-corrected chi connectivity index (χ3v) is 4.73. The highest BCUT2D eigenvalue weighted by molar-refractivity contribution is 8.00. The average molecular weight is 320 g/mol. The highest BCUT2D eigenvalue weighted by atomic mass is 32.2. The summed E-state index contributed by atoms with van der Waals surface area (Å²) in [5, 5.41) is 6.21. The number of carbonyl (C=O) groups is 1. The minimum Gasteiger partial charge on any atom is -0.463 e. The van der Waals surface area contributed by atoms with Crippen LogP contribution in [0.1, 0.15) is 11.5 Å². The van der Waals surface area contributed by atoms with Gasteiger partial charge in [0, 0.05) is 10.6 Å². The van der Waals surface area contributed by atoms with Crippen molar-refractivity contribution < 1.29 is 9.21 Å². The molecule has 0 aliphatic carbocycles. The summed E-state index contributed by atoms with van der Waals surface area (Å²) in [6.45, 7) is 0.633. The zero-order valence-electron chi connectivity index (χ0n) is 11.6. The van der Waals surface area contributed by atoms with Crippen molar-refractivity contribution in [3.8, 4) is 0 Å². The second-order valence-electron chi connectivity index (χ2n) is 4.70. The van der Waals surface area contributed by atoms with Gasteiger partial charge in [-0.15, -0.1) is 11.8 Å². The zero-order chi connectivity index (χ0) is 14.7. The molecule has 0 unspecified atom stereocenters. The molecule has 2 N–H and O–H groups in total. The molecule has 0 radical (unpaired) electrons. The predicted octanol–water partition coefficient (Wildman–Crippen LogP) is 3.80. The Kier molecular flexibility index (Phi) is 4.45. The van der Waals surface area contributed by atoms with Crippen molar-refractivity contribution in [3.05, 3.63) is 41.9 Å². The number of hydrogen-bond donors (Lipinski definition) is 2. The molecule has 0 bridgehead atoms. The monoisotopic (exact) mass is 320 g/mol. The molecule has 0 fully saturated rings. The topological polar surface area (TPSA) is 54.3 Å². The molecule has 0 saturated heterocycles. The van der Waals surface area contributed by atoms with Gasteiger partial charge in [0.05, 0.1) is 23.7 Å². The lowest BCUT2D eigenvalue weighted by atomic mass is 10.2. The van der Waals surface area contributed by atoms with Crippen molar-refractivity contribution in [1.29, 1.82) is 0 Å². The van der Waals surface area contributed by atoms with Gasteiger partial charge in [-0.3, -0.25) is 4.79 Å². The molecular weight excluding hydrogens is 304 g/mol. The van der Waals surface area contributed by atoms with Crippen molar-refractivity contribution >= 4 is 40.8 Å². The maximum atomic E-state index is 11.4. The Morgan fingerprint density at radius 2 is 2.19 bits per heavy atom. The molecule has 1 amide bonds. The van der Waals surface area contributed by atoms with E-state index in [0.717, 1.165) is 33.5 Å². The Hall–Kier alpha value is -1.53. The van der Waals surface area contributed by atoms with Crippen LogP contribution in [0.5, 0.6) is 0 Å². The van der Waals surface area contributed by atoms with E-state index < -0.39 is 0 Å². The van der Waals surface area contributed by atoms with Crippen LogP contribution >= 0.6 is 23.5 Å². The number of thioether (sulfide) groups is 2. The molecule has 0 atom stereocenters. The molecular formula is C15H16N2O2S2. The molecule has 0 saturated carbocycles. The van der Waals surface area contributed by atoms with Gasteiger partial charge in [-0.05, 0) is 36.6 Å². The van der Waals surface area contributed by atoms with Crippen molar-refractivity contribution in [2.24, 2.45) is 0 Å². The number of benzene rings is 1. The Balaban J connectivity index is 1.65. The fourth-order valence-corrected chi connectivity index (χ4v) is 3.35. The quantitative estimate of drug-likeness (QED) is 0.877. The number of rotatable bonds is 5. The molecule has 4 nitrogen and oxygen atoms in total. The van der Waals surface area contributed by atoms with Crippen LogP contribution in [0.4, 0.5) is 11.4 Å². The first-order chi connectivity index (χ1) is 10.2. The Morgan fingerprint density at radius 1 is 1.33 bits per heavy atom. The standard InChI is InChI=1S/C15H16N2O2S2/c1-20-8-12-4-3-11(19-12)7-16-10-2-5-14-13(6-10)17-15(18)9-21-14/h2-6,16H,7-9H2,1H3,(H,17,18). The number of hydrogen-bond acceptors (Lipinski definition) is 5. The van der Waals surface area contributed by atoms with E-state index in [-0.39, 0.29) is 5.91 Å². The second-order valence-corrected chi connectivity index (χ2v) is 6.59. The van der Waals surface area contributed by atoms with Crippen LogP contribution in [0.25, 0.3) is 0 Å². The third-order valence-electron chi connectivity index (χ3n) is 3.08. The summed E-state index contributed by atoms with van der Waals surface area (Å²) in [5.41, 5.74) is 1.85. The normalized spacial score (nSPS) is 13.7. The summed E-state index contributed by atoms with van der Waals surface area (Å²) in [5.74, 6) is 3.34. The smallest absolute Gasteiger partial charge is 0.234 e. The molecule has 1 aromatic heterocycles. The highest BCUT2D eigenvalue weighted by Crippen LogP contribution is 2.33. The van der Waals surface area contributed by atoms with Gasteiger partial charge in [0.2, 0.25) is 5.91 Å². The number of amides is 1. The van der Waals surface area contributed by atoms with E-state index in [1.807, 2.05) is 30.3 Å². The van der Waals surface area contributed by atoms with E-state index in [0.29, 0.717) is 12.3 Å². The summed E-state index contributed by atoms with van der Waals surface area (Å²) in [6, 6.07) is 10.0. The number of fused-ring (bicyclic) bond motifs is 1. The molecule has 2 aromatic rings. The lowest BCUT2D eigenvalue weighted by Crippen LogP contribution is -2.18. The van der Waals surface area contributed by atoms with E-state index in [1.54, 1.807) is 23.5 Å². The van der Waals surface area contributed by atoms with Crippen LogP contribution < -0.4 is 10.6 Å². The van der Waals surface area contributed by atoms with Gasteiger partial charge in [-0.25, -0.2) is 0 Å². The van der Waals surface area contributed by atoms with Crippen molar-refractivity contribution in [3.63, 3.8) is 0 Å². The fraction of sp³-hybridized carbons (Fsp3) is 0.267. The van der Waals surface area contributed by atoms with E-state index in [2.05, 4.69) is 16.9 Å². The van der Waals surface area contributed by atoms with Gasteiger partial charge in [-0.2, -0.15) is 11.8 Å². The van der Waals surface area contributed by atoms with Gasteiger partial charge in [0.1, 0.15) is 11.5 Å². The van der Waals surface area contributed by atoms with Gasteiger partial charge >= 0.3 is 0 Å². The summed E-state index contributed by atoms with van der Waals surface area (Å²) < 4.78 is 5.72. The molecule has 3 rings (SSSR count). The molecule has 6 heteroatoms. The minimum absolute atomic E-state index is 0.0531. The predicted molar refractivity (Wildman–Crippen MR) is 89.0 cm³/mol. The van der Waals surface area contributed by atoms with Crippen molar-refractivity contribution in [2.75, 3.05) is 22.6 Å². The van der Waals surface area contributed by atoms with Crippen LogP contribution in [0, 0.1) is 0 Å². The largest absolute Gasteiger partial charge is 0.463 e. The second kappa shape index (κ2) is 6.49. The van der Waals surface area contributed by atoms with E-state index >= 15 is 0 Å². The first kappa shape index (κ1) is 14.4.